The summed E-state index contributed by atoms with van der Waals surface area (Å²) < 4.78 is 0. The second kappa shape index (κ2) is 5.93. The fourth-order valence-electron chi connectivity index (χ4n) is 6.29. The van der Waals surface area contributed by atoms with Gasteiger partial charge in [0.2, 0.25) is 0 Å². The van der Waals surface area contributed by atoms with Gasteiger partial charge < -0.3 is 0 Å². The van der Waals surface area contributed by atoms with Gasteiger partial charge in [0.15, 0.2) is 5.78 Å². The van der Waals surface area contributed by atoms with Gasteiger partial charge in [0.05, 0.1) is 11.1 Å². The van der Waals surface area contributed by atoms with E-state index in [1.165, 1.54) is 28.0 Å². The first-order valence-electron chi connectivity index (χ1n) is 11.0. The number of fused-ring (bicyclic) bond motifs is 5. The van der Waals surface area contributed by atoms with Crippen LogP contribution in [0.5, 0.6) is 0 Å². The second-order valence-corrected chi connectivity index (χ2v) is 11.4. The van der Waals surface area contributed by atoms with E-state index in [-0.39, 0.29) is 16.2 Å². The van der Waals surface area contributed by atoms with Gasteiger partial charge in [-0.2, -0.15) is 5.10 Å². The lowest BCUT2D eigenvalue weighted by Crippen LogP contribution is -2.42. The summed E-state index contributed by atoms with van der Waals surface area (Å²) in [6.45, 7) is 11.3. The number of allylic oxidation sites excluding steroid dienone is 2. The predicted molar refractivity (Wildman–Crippen MR) is 116 cm³/mol. The molecule has 2 aromatic rings. The summed E-state index contributed by atoms with van der Waals surface area (Å²) in [4.78, 5) is 13.7. The maximum atomic E-state index is 13.7. The molecule has 5 rings (SSSR count). The quantitative estimate of drug-likeness (QED) is 0.704. The van der Waals surface area contributed by atoms with Crippen LogP contribution in [0.25, 0.3) is 0 Å². The Bertz CT molecular complexity index is 1050. The van der Waals surface area contributed by atoms with Crippen LogP contribution in [0.2, 0.25) is 0 Å². The number of H-pyrrole nitrogens is 1. The third-order valence-corrected chi connectivity index (χ3v) is 7.07. The second-order valence-electron chi connectivity index (χ2n) is 11.4. The van der Waals surface area contributed by atoms with E-state index in [1.807, 2.05) is 0 Å². The van der Waals surface area contributed by atoms with Crippen molar-refractivity contribution in [2.45, 2.75) is 78.6 Å². The van der Waals surface area contributed by atoms with E-state index in [0.29, 0.717) is 12.2 Å². The first kappa shape index (κ1) is 18.8. The number of aryl methyl sites for hydroxylation is 1. The molecular formula is C26H32N2O. The van der Waals surface area contributed by atoms with Gasteiger partial charge in [-0.3, -0.25) is 9.89 Å². The molecule has 0 amide bonds. The third-order valence-electron chi connectivity index (χ3n) is 7.07. The molecule has 3 heteroatoms. The molecule has 0 bridgehead atoms. The first-order valence-corrected chi connectivity index (χ1v) is 11.0. The highest BCUT2D eigenvalue weighted by Gasteiger charge is 2.54. The summed E-state index contributed by atoms with van der Waals surface area (Å²) in [7, 11) is 0. The maximum absolute atomic E-state index is 13.7. The van der Waals surface area contributed by atoms with Crippen molar-refractivity contribution in [1.82, 2.24) is 10.2 Å². The van der Waals surface area contributed by atoms with Crippen LogP contribution in [0.3, 0.4) is 0 Å². The van der Waals surface area contributed by atoms with Crippen molar-refractivity contribution in [1.29, 1.82) is 0 Å². The van der Waals surface area contributed by atoms with Crippen LogP contribution in [0.1, 0.15) is 82.0 Å². The van der Waals surface area contributed by atoms with Gasteiger partial charge >= 0.3 is 0 Å². The molecule has 3 aliphatic carbocycles. The molecule has 0 radical (unpaired) electrons. The van der Waals surface area contributed by atoms with E-state index in [2.05, 4.69) is 64.0 Å². The average Bonchev–Trinajstić information content (AvgIpc) is 3.15. The number of hydrogen-bond donors (Lipinski definition) is 1. The Morgan fingerprint density at radius 2 is 1.90 bits per heavy atom. The Morgan fingerprint density at radius 3 is 2.66 bits per heavy atom. The number of aromatic amines is 1. The van der Waals surface area contributed by atoms with Crippen LogP contribution in [-0.2, 0) is 29.5 Å². The van der Waals surface area contributed by atoms with E-state index >= 15 is 0 Å². The van der Waals surface area contributed by atoms with E-state index in [0.717, 1.165) is 43.4 Å². The van der Waals surface area contributed by atoms with E-state index in [4.69, 9.17) is 5.10 Å². The van der Waals surface area contributed by atoms with Crippen molar-refractivity contribution < 1.29 is 4.79 Å². The van der Waals surface area contributed by atoms with Gasteiger partial charge in [-0.05, 0) is 47.6 Å². The summed E-state index contributed by atoms with van der Waals surface area (Å²) in [5.41, 5.74) is 8.82. The molecule has 1 atom stereocenters. The van der Waals surface area contributed by atoms with Gasteiger partial charge in [0.1, 0.15) is 0 Å². The molecule has 1 aromatic heterocycles. The smallest absolute Gasteiger partial charge is 0.160 e. The van der Waals surface area contributed by atoms with Crippen molar-refractivity contribution in [3.05, 3.63) is 63.5 Å². The summed E-state index contributed by atoms with van der Waals surface area (Å²) >= 11 is 0. The zero-order valence-electron chi connectivity index (χ0n) is 18.4. The minimum absolute atomic E-state index is 0.0427. The number of ketones is 1. The molecule has 3 aliphatic rings. The largest absolute Gasteiger partial charge is 0.294 e. The standard InChI is InChI=1S/C26H32N2O/c1-24(2,3)14-20-23-19(27-28-20)12-17-13-25(4,5)15-21(29)22(17)26(23)11-10-16-8-6-7-9-18(16)26/h6-9H,10-15H2,1-5H3,(H,27,28)/t26-/m0/s1. The Balaban J connectivity index is 1.80. The summed E-state index contributed by atoms with van der Waals surface area (Å²) in [5.74, 6) is 0.363. The highest BCUT2D eigenvalue weighted by molar-refractivity contribution is 6.02. The van der Waals surface area contributed by atoms with Crippen molar-refractivity contribution in [2.75, 3.05) is 0 Å². The lowest BCUT2D eigenvalue weighted by atomic mass is 9.57. The third kappa shape index (κ3) is 2.77. The van der Waals surface area contributed by atoms with Gasteiger partial charge in [0.25, 0.3) is 0 Å². The summed E-state index contributed by atoms with van der Waals surface area (Å²) in [6.07, 6.45) is 5.44. The van der Waals surface area contributed by atoms with E-state index in [9.17, 15) is 4.79 Å². The lowest BCUT2D eigenvalue weighted by Gasteiger charge is -2.44. The molecular weight excluding hydrogens is 356 g/mol. The molecule has 0 saturated carbocycles. The SMILES string of the molecule is CC(C)(C)Cc1n[nH]c2c1[C@]1(CCc3ccccc31)C1=C(C2)CC(C)(C)CC1=O. The Morgan fingerprint density at radius 1 is 1.14 bits per heavy atom. The average molecular weight is 389 g/mol. The molecule has 1 aromatic carbocycles. The summed E-state index contributed by atoms with van der Waals surface area (Å²) in [5, 5.41) is 8.24. The molecule has 0 aliphatic heterocycles. The topological polar surface area (TPSA) is 45.8 Å². The molecule has 29 heavy (non-hydrogen) atoms. The number of carbonyl (C=O) groups excluding carboxylic acids is 1. The van der Waals surface area contributed by atoms with Crippen LogP contribution in [-0.4, -0.2) is 16.0 Å². The van der Waals surface area contributed by atoms with E-state index < -0.39 is 0 Å². The zero-order chi connectivity index (χ0) is 20.6. The number of hydrogen-bond acceptors (Lipinski definition) is 2. The van der Waals surface area contributed by atoms with Gasteiger partial charge in [-0.15, -0.1) is 0 Å². The highest BCUT2D eigenvalue weighted by Crippen LogP contribution is 2.58. The maximum Gasteiger partial charge on any atom is 0.160 e. The number of nitrogens with zero attached hydrogens (tertiary/aromatic N) is 1. The highest BCUT2D eigenvalue weighted by atomic mass is 16.1. The van der Waals surface area contributed by atoms with Crippen LogP contribution < -0.4 is 0 Å². The Kier molecular flexibility index (Phi) is 3.85. The van der Waals surface area contributed by atoms with Crippen molar-refractivity contribution in [3.63, 3.8) is 0 Å². The Labute approximate surface area is 174 Å². The van der Waals surface area contributed by atoms with Gasteiger partial charge in [-0.25, -0.2) is 0 Å². The predicted octanol–water partition coefficient (Wildman–Crippen LogP) is 5.47. The number of nitrogens with one attached hydrogen (secondary N) is 1. The van der Waals surface area contributed by atoms with Crippen LogP contribution in [0.4, 0.5) is 0 Å². The molecule has 0 unspecified atom stereocenters. The molecule has 1 spiro atoms. The fourth-order valence-corrected chi connectivity index (χ4v) is 6.29. The van der Waals surface area contributed by atoms with Crippen LogP contribution >= 0.6 is 0 Å². The van der Waals surface area contributed by atoms with Crippen LogP contribution in [0.15, 0.2) is 35.4 Å². The van der Waals surface area contributed by atoms with Gasteiger partial charge in [-0.1, -0.05) is 64.5 Å². The Hall–Kier alpha value is -2.16. The van der Waals surface area contributed by atoms with Gasteiger partial charge in [0, 0.05) is 29.7 Å². The van der Waals surface area contributed by atoms with Crippen LogP contribution in [0, 0.1) is 10.8 Å². The minimum atomic E-state index is -0.305. The molecule has 1 heterocycles. The van der Waals surface area contributed by atoms with Crippen molar-refractivity contribution in [2.24, 2.45) is 10.8 Å². The molecule has 0 saturated heterocycles. The molecule has 3 nitrogen and oxygen atoms in total. The number of rotatable bonds is 1. The zero-order valence-corrected chi connectivity index (χ0v) is 18.4. The lowest BCUT2D eigenvalue weighted by molar-refractivity contribution is -0.118. The summed E-state index contributed by atoms with van der Waals surface area (Å²) in [6, 6.07) is 8.79. The molecule has 1 N–H and O–H groups in total. The van der Waals surface area contributed by atoms with Crippen molar-refractivity contribution >= 4 is 5.78 Å². The van der Waals surface area contributed by atoms with Crippen molar-refractivity contribution in [3.8, 4) is 0 Å². The number of carbonyl (C=O) groups is 1. The fraction of sp³-hybridized carbons (Fsp3) is 0.538. The number of benzene rings is 1. The number of aromatic nitrogens is 2. The number of Topliss-reactive ketones (excluding diaryl/α,β-unsaturated/α-hetero) is 1. The normalized spacial score (nSPS) is 25.2. The first-order chi connectivity index (χ1) is 13.6. The molecule has 0 fully saturated rings. The van der Waals surface area contributed by atoms with E-state index in [1.54, 1.807) is 0 Å². The molecule has 152 valence electrons. The minimum Gasteiger partial charge on any atom is -0.294 e. The monoisotopic (exact) mass is 388 g/mol.